The highest BCUT2D eigenvalue weighted by atomic mass is 32.1. The lowest BCUT2D eigenvalue weighted by Gasteiger charge is -2.42. The van der Waals surface area contributed by atoms with Crippen molar-refractivity contribution in [2.75, 3.05) is 19.0 Å². The summed E-state index contributed by atoms with van der Waals surface area (Å²) in [6.07, 6.45) is 5.35. The number of halogens is 1. The molecule has 0 amide bonds. The van der Waals surface area contributed by atoms with Gasteiger partial charge >= 0.3 is 0 Å². The van der Waals surface area contributed by atoms with Crippen LogP contribution < -0.4 is 4.90 Å². The molecule has 3 aromatic rings. The first-order valence-electron chi connectivity index (χ1n) is 9.78. The average molecular weight is 415 g/mol. The molecule has 2 N–H and O–H groups in total. The van der Waals surface area contributed by atoms with Crippen molar-refractivity contribution >= 4 is 16.5 Å². The average Bonchev–Trinajstić information content (AvgIpc) is 3.45. The molecule has 4 atom stereocenters. The topological polar surface area (TPSA) is 81.2 Å². The fourth-order valence-electron chi connectivity index (χ4n) is 4.66. The van der Waals surface area contributed by atoms with Gasteiger partial charge in [-0.3, -0.25) is 10.00 Å². The molecule has 0 aliphatic carbocycles. The number of anilines is 1. The largest absolute Gasteiger partial charge is 0.507 e. The number of alkyl halides is 1. The van der Waals surface area contributed by atoms with Gasteiger partial charge in [0, 0.05) is 30.9 Å². The Hall–Kier alpha value is -2.52. The summed E-state index contributed by atoms with van der Waals surface area (Å²) in [5.74, 6) is 0.134. The van der Waals surface area contributed by atoms with Gasteiger partial charge in [-0.1, -0.05) is 17.4 Å². The Morgan fingerprint density at radius 2 is 2.14 bits per heavy atom. The van der Waals surface area contributed by atoms with Crippen molar-refractivity contribution in [2.45, 2.75) is 43.6 Å². The number of aromatic amines is 1. The van der Waals surface area contributed by atoms with Crippen LogP contribution in [0.4, 0.5) is 9.52 Å². The zero-order valence-electron chi connectivity index (χ0n) is 16.3. The molecule has 152 valence electrons. The number of nitrogens with zero attached hydrogens (tertiary/aromatic N) is 5. The molecule has 1 aromatic carbocycles. The molecule has 2 fully saturated rings. The number of phenolic OH excluding ortho intramolecular Hbond substituents is 1. The number of nitrogens with one attached hydrogen (secondary N) is 1. The van der Waals surface area contributed by atoms with Gasteiger partial charge in [-0.25, -0.2) is 4.39 Å². The van der Waals surface area contributed by atoms with Gasteiger partial charge in [-0.15, -0.1) is 10.2 Å². The van der Waals surface area contributed by atoms with E-state index in [-0.39, 0.29) is 17.8 Å². The molecule has 2 aliphatic heterocycles. The van der Waals surface area contributed by atoms with Gasteiger partial charge in [-0.2, -0.15) is 5.10 Å². The number of aromatic hydroxyl groups is 1. The first-order valence-corrected chi connectivity index (χ1v) is 10.6. The number of H-pyrrole nitrogens is 1. The molecular weight excluding hydrogens is 391 g/mol. The van der Waals surface area contributed by atoms with Crippen LogP contribution in [0.2, 0.25) is 0 Å². The molecule has 0 radical (unpaired) electrons. The van der Waals surface area contributed by atoms with Gasteiger partial charge in [0.1, 0.15) is 11.9 Å². The number of piperidine rings is 1. The summed E-state index contributed by atoms with van der Waals surface area (Å²) in [7, 11) is 3.93. The molecule has 7 nitrogen and oxygen atoms in total. The molecule has 2 saturated heterocycles. The Kier molecular flexibility index (Phi) is 4.51. The van der Waals surface area contributed by atoms with Crippen molar-refractivity contribution in [1.29, 1.82) is 0 Å². The van der Waals surface area contributed by atoms with Crippen molar-refractivity contribution in [1.82, 2.24) is 25.3 Å². The van der Waals surface area contributed by atoms with Crippen molar-refractivity contribution in [3.63, 3.8) is 0 Å². The molecule has 0 spiro atoms. The lowest BCUT2D eigenvalue weighted by Crippen LogP contribution is -2.56. The second-order valence-corrected chi connectivity index (χ2v) is 8.89. The Bertz CT molecular complexity index is 1010. The van der Waals surface area contributed by atoms with Crippen LogP contribution in [0.15, 0.2) is 30.6 Å². The van der Waals surface area contributed by atoms with Crippen molar-refractivity contribution in [2.24, 2.45) is 0 Å². The number of fused-ring (bicyclic) bond motifs is 2. The summed E-state index contributed by atoms with van der Waals surface area (Å²) in [6, 6.07) is 5.67. The van der Waals surface area contributed by atoms with Gasteiger partial charge in [0.2, 0.25) is 5.13 Å². The van der Waals surface area contributed by atoms with Crippen LogP contribution in [0.5, 0.6) is 5.75 Å². The maximum Gasteiger partial charge on any atom is 0.208 e. The van der Waals surface area contributed by atoms with E-state index in [1.165, 1.54) is 11.3 Å². The Morgan fingerprint density at radius 1 is 1.28 bits per heavy atom. The quantitative estimate of drug-likeness (QED) is 0.682. The van der Waals surface area contributed by atoms with E-state index >= 15 is 4.39 Å². The van der Waals surface area contributed by atoms with Crippen LogP contribution in [0.25, 0.3) is 21.7 Å². The highest BCUT2D eigenvalue weighted by molar-refractivity contribution is 7.18. The monoisotopic (exact) mass is 414 g/mol. The Morgan fingerprint density at radius 3 is 2.90 bits per heavy atom. The highest BCUT2D eigenvalue weighted by Gasteiger charge is 2.47. The van der Waals surface area contributed by atoms with E-state index < -0.39 is 6.17 Å². The normalized spacial score (nSPS) is 26.7. The predicted molar refractivity (Wildman–Crippen MR) is 111 cm³/mol. The van der Waals surface area contributed by atoms with Crippen LogP contribution >= 0.6 is 11.3 Å². The molecule has 4 heterocycles. The molecule has 2 bridgehead atoms. The molecule has 29 heavy (non-hydrogen) atoms. The SMILES string of the molecule is CN1C2CCC1[C@@H](F)[C@@H](N(C)c1nnc(-c3ccc(-c4cn[nH]c4)cc3O)s1)C2. The third kappa shape index (κ3) is 3.08. The van der Waals surface area contributed by atoms with Gasteiger partial charge in [0.05, 0.1) is 17.8 Å². The maximum atomic E-state index is 15.1. The molecular formula is C20H23FN6OS. The van der Waals surface area contributed by atoms with Gasteiger partial charge in [0.15, 0.2) is 5.01 Å². The van der Waals surface area contributed by atoms with Gasteiger partial charge < -0.3 is 10.0 Å². The zero-order valence-corrected chi connectivity index (χ0v) is 17.1. The van der Waals surface area contributed by atoms with E-state index in [4.69, 9.17) is 0 Å². The number of rotatable bonds is 4. The fraction of sp³-hybridized carbons (Fsp3) is 0.450. The highest BCUT2D eigenvalue weighted by Crippen LogP contribution is 2.41. The summed E-state index contributed by atoms with van der Waals surface area (Å²) in [5, 5.41) is 27.1. The van der Waals surface area contributed by atoms with Crippen molar-refractivity contribution in [3.05, 3.63) is 30.6 Å². The van der Waals surface area contributed by atoms with E-state index in [2.05, 4.69) is 25.3 Å². The number of hydrogen-bond donors (Lipinski definition) is 2. The minimum Gasteiger partial charge on any atom is -0.507 e. The summed E-state index contributed by atoms with van der Waals surface area (Å²) in [6.45, 7) is 0. The number of hydrogen-bond acceptors (Lipinski definition) is 7. The van der Waals surface area contributed by atoms with E-state index in [0.29, 0.717) is 21.7 Å². The molecule has 0 saturated carbocycles. The van der Waals surface area contributed by atoms with Gasteiger partial charge in [-0.05, 0) is 44.0 Å². The van der Waals surface area contributed by atoms with E-state index in [1.54, 1.807) is 18.5 Å². The number of phenols is 1. The minimum absolute atomic E-state index is 0.00639. The summed E-state index contributed by atoms with van der Waals surface area (Å²) >= 11 is 1.38. The summed E-state index contributed by atoms with van der Waals surface area (Å²) < 4.78 is 15.1. The van der Waals surface area contributed by atoms with Gasteiger partial charge in [0.25, 0.3) is 0 Å². The second-order valence-electron chi connectivity index (χ2n) is 7.93. The van der Waals surface area contributed by atoms with Crippen LogP contribution in [-0.2, 0) is 0 Å². The lowest BCUT2D eigenvalue weighted by atomic mass is 9.95. The Balaban J connectivity index is 1.38. The van der Waals surface area contributed by atoms with Crippen LogP contribution in [0.3, 0.4) is 0 Å². The van der Waals surface area contributed by atoms with Crippen LogP contribution in [-0.4, -0.2) is 68.8 Å². The van der Waals surface area contributed by atoms with E-state index in [0.717, 1.165) is 30.4 Å². The van der Waals surface area contributed by atoms with Crippen LogP contribution in [0, 0.1) is 0 Å². The zero-order chi connectivity index (χ0) is 20.1. The van der Waals surface area contributed by atoms with Crippen LogP contribution in [0.1, 0.15) is 19.3 Å². The molecule has 2 unspecified atom stereocenters. The minimum atomic E-state index is -0.904. The molecule has 2 aromatic heterocycles. The smallest absolute Gasteiger partial charge is 0.208 e. The number of aromatic nitrogens is 4. The molecule has 5 rings (SSSR count). The first kappa shape index (κ1) is 18.5. The molecule has 9 heteroatoms. The molecule has 2 aliphatic rings. The maximum absolute atomic E-state index is 15.1. The van der Waals surface area contributed by atoms with Crippen molar-refractivity contribution < 1.29 is 9.50 Å². The van der Waals surface area contributed by atoms with E-state index in [1.807, 2.05) is 31.1 Å². The summed E-state index contributed by atoms with van der Waals surface area (Å²) in [4.78, 5) is 4.13. The third-order valence-electron chi connectivity index (χ3n) is 6.42. The standard InChI is InChI=1S/C20H23FN6OS/c1-26-13-4-6-15(26)18(21)16(8-13)27(2)20-25-24-19(29-20)14-5-3-11(7-17(14)28)12-9-22-23-10-12/h3,5,7,9-10,13,15-16,18,28H,4,6,8H2,1-2H3,(H,22,23)/t13?,15?,16-,18+/m0/s1. The fourth-order valence-corrected chi connectivity index (χ4v) is 5.55. The third-order valence-corrected chi connectivity index (χ3v) is 7.46. The van der Waals surface area contributed by atoms with E-state index in [9.17, 15) is 5.11 Å². The first-order chi connectivity index (χ1) is 14.0. The Labute approximate surface area is 172 Å². The van der Waals surface area contributed by atoms with Crippen molar-refractivity contribution in [3.8, 4) is 27.4 Å². The predicted octanol–water partition coefficient (Wildman–Crippen LogP) is 3.31. The lowest BCUT2D eigenvalue weighted by molar-refractivity contribution is 0.0703. The summed E-state index contributed by atoms with van der Waals surface area (Å²) in [5.41, 5.74) is 2.38. The second kappa shape index (κ2) is 7.07. The number of benzene rings is 1.